The molecular formula is C28H30BN2. The highest BCUT2D eigenvalue weighted by molar-refractivity contribution is 6.69. The molecule has 0 spiro atoms. The fraction of sp³-hybridized carbons (Fsp3) is 0.321. The number of hydrogen-bond acceptors (Lipinski definition) is 1. The van der Waals surface area contributed by atoms with Crippen LogP contribution in [-0.4, -0.2) is 16.8 Å². The minimum Gasteiger partial charge on any atom is -0.307 e. The molecule has 5 rings (SSSR count). The molecule has 4 aromatic rings. The highest BCUT2D eigenvalue weighted by Gasteiger charge is 2.26. The maximum atomic E-state index is 4.85. The first-order valence-electron chi connectivity index (χ1n) is 11.2. The topological polar surface area (TPSA) is 17.8 Å². The van der Waals surface area contributed by atoms with Gasteiger partial charge >= 0.3 is 0 Å². The molecular weight excluding hydrogens is 375 g/mol. The predicted molar refractivity (Wildman–Crippen MR) is 133 cm³/mol. The minimum absolute atomic E-state index is 0.0575. The molecule has 2 heterocycles. The highest BCUT2D eigenvalue weighted by atomic mass is 15.1. The van der Waals surface area contributed by atoms with E-state index in [0.29, 0.717) is 0 Å². The lowest BCUT2D eigenvalue weighted by Crippen LogP contribution is -2.22. The first-order chi connectivity index (χ1) is 14.6. The van der Waals surface area contributed by atoms with Crippen LogP contribution in [0.25, 0.3) is 27.8 Å². The first kappa shape index (κ1) is 20.1. The van der Waals surface area contributed by atoms with Crippen LogP contribution in [0.1, 0.15) is 52.7 Å². The highest BCUT2D eigenvalue weighted by Crippen LogP contribution is 2.35. The Hall–Kier alpha value is -2.81. The van der Waals surface area contributed by atoms with Crippen molar-refractivity contribution in [2.45, 2.75) is 53.4 Å². The number of rotatable bonds is 2. The van der Waals surface area contributed by atoms with Gasteiger partial charge in [0.25, 0.3) is 0 Å². The summed E-state index contributed by atoms with van der Waals surface area (Å²) in [4.78, 5) is 4.85. The van der Waals surface area contributed by atoms with Gasteiger partial charge in [-0.25, -0.2) is 4.98 Å². The van der Waals surface area contributed by atoms with E-state index in [4.69, 9.17) is 4.98 Å². The van der Waals surface area contributed by atoms with Gasteiger partial charge in [0.1, 0.15) is 5.82 Å². The van der Waals surface area contributed by atoms with Crippen molar-refractivity contribution in [1.29, 1.82) is 0 Å². The van der Waals surface area contributed by atoms with Gasteiger partial charge in [-0.15, -0.1) is 0 Å². The molecule has 0 bridgehead atoms. The van der Waals surface area contributed by atoms with Gasteiger partial charge in [0.2, 0.25) is 7.28 Å². The first-order valence-corrected chi connectivity index (χ1v) is 11.2. The summed E-state index contributed by atoms with van der Waals surface area (Å²) in [6, 6.07) is 20.2. The monoisotopic (exact) mass is 405 g/mol. The second-order valence-electron chi connectivity index (χ2n) is 11.1. The molecule has 155 valence electrons. The number of hydrogen-bond donors (Lipinski definition) is 0. The van der Waals surface area contributed by atoms with Gasteiger partial charge in [0.05, 0.1) is 0 Å². The summed E-state index contributed by atoms with van der Waals surface area (Å²) < 4.78 is 2.31. The van der Waals surface area contributed by atoms with Gasteiger partial charge in [0, 0.05) is 23.0 Å². The molecule has 2 nitrogen and oxygen atoms in total. The fourth-order valence-electron chi connectivity index (χ4n) is 4.79. The van der Waals surface area contributed by atoms with Crippen molar-refractivity contribution in [3.05, 3.63) is 71.9 Å². The van der Waals surface area contributed by atoms with Crippen LogP contribution in [0.15, 0.2) is 60.8 Å². The van der Waals surface area contributed by atoms with E-state index in [2.05, 4.69) is 108 Å². The molecule has 0 atom stereocenters. The second-order valence-corrected chi connectivity index (χ2v) is 11.1. The van der Waals surface area contributed by atoms with Crippen LogP contribution in [0, 0.1) is 5.41 Å². The van der Waals surface area contributed by atoms with Crippen LogP contribution in [0.4, 0.5) is 0 Å². The predicted octanol–water partition coefficient (Wildman–Crippen LogP) is 5.55. The van der Waals surface area contributed by atoms with E-state index in [1.165, 1.54) is 38.6 Å². The van der Waals surface area contributed by atoms with Crippen molar-refractivity contribution in [2.75, 3.05) is 0 Å². The normalized spacial score (nSPS) is 13.2. The van der Waals surface area contributed by atoms with Crippen LogP contribution in [-0.2, 0) is 11.8 Å². The van der Waals surface area contributed by atoms with E-state index in [0.717, 1.165) is 17.8 Å². The minimum atomic E-state index is 0.0575. The van der Waals surface area contributed by atoms with Crippen molar-refractivity contribution in [2.24, 2.45) is 5.41 Å². The lowest BCUT2D eigenvalue weighted by molar-refractivity contribution is 0.411. The molecule has 0 saturated carbocycles. The largest absolute Gasteiger partial charge is 0.307 e. The van der Waals surface area contributed by atoms with Crippen LogP contribution in [0.3, 0.4) is 0 Å². The van der Waals surface area contributed by atoms with E-state index < -0.39 is 0 Å². The summed E-state index contributed by atoms with van der Waals surface area (Å²) in [5.41, 5.74) is 7.94. The Labute approximate surface area is 186 Å². The van der Waals surface area contributed by atoms with Crippen LogP contribution < -0.4 is 11.1 Å². The maximum Gasteiger partial charge on any atom is 0.219 e. The van der Waals surface area contributed by atoms with E-state index in [1.807, 2.05) is 6.20 Å². The van der Waals surface area contributed by atoms with Crippen LogP contribution in [0.2, 0.25) is 0 Å². The Kier molecular flexibility index (Phi) is 4.45. The maximum absolute atomic E-state index is 4.85. The summed E-state index contributed by atoms with van der Waals surface area (Å²) in [5, 5.41) is 2.59. The lowest BCUT2D eigenvalue weighted by atomic mass is 9.68. The third-order valence-electron chi connectivity index (χ3n) is 6.09. The van der Waals surface area contributed by atoms with E-state index in [9.17, 15) is 0 Å². The molecule has 0 aliphatic carbocycles. The summed E-state index contributed by atoms with van der Waals surface area (Å²) in [7, 11) is 2.27. The Bertz CT molecular complexity index is 1300. The van der Waals surface area contributed by atoms with Crippen molar-refractivity contribution < 1.29 is 0 Å². The molecule has 0 amide bonds. The van der Waals surface area contributed by atoms with Gasteiger partial charge in [-0.2, -0.15) is 0 Å². The van der Waals surface area contributed by atoms with E-state index >= 15 is 0 Å². The molecule has 1 aliphatic rings. The number of aromatic nitrogens is 2. The molecule has 31 heavy (non-hydrogen) atoms. The van der Waals surface area contributed by atoms with Gasteiger partial charge in [0.15, 0.2) is 0 Å². The third kappa shape index (κ3) is 3.61. The third-order valence-corrected chi connectivity index (χ3v) is 6.09. The van der Waals surface area contributed by atoms with Gasteiger partial charge < -0.3 is 4.57 Å². The standard InChI is InChI=1S/C28H30BN2/c1-27(2,3)16-18-11-12-24-23(13-18)29-25-17-30-26(31(24)25)20-14-19-9-7-8-10-21(19)22(15-20)28(4,5)6/h7-15,17H,16H2,1-6H3. The van der Waals surface area contributed by atoms with Gasteiger partial charge in [-0.1, -0.05) is 83.4 Å². The molecule has 0 fully saturated rings. The van der Waals surface area contributed by atoms with Gasteiger partial charge in [-0.05, 0) is 57.3 Å². The molecule has 1 aromatic heterocycles. The van der Waals surface area contributed by atoms with Crippen LogP contribution in [0.5, 0.6) is 0 Å². The average Bonchev–Trinajstić information content (AvgIpc) is 3.23. The number of fused-ring (bicyclic) bond motifs is 4. The molecule has 0 saturated heterocycles. The van der Waals surface area contributed by atoms with Crippen molar-refractivity contribution in [3.8, 4) is 17.1 Å². The number of nitrogens with zero attached hydrogens (tertiary/aromatic N) is 2. The zero-order valence-electron chi connectivity index (χ0n) is 19.5. The molecule has 1 aliphatic heterocycles. The van der Waals surface area contributed by atoms with Crippen molar-refractivity contribution in [3.63, 3.8) is 0 Å². The number of benzene rings is 3. The summed E-state index contributed by atoms with van der Waals surface area (Å²) >= 11 is 0. The molecule has 1 radical (unpaired) electrons. The Morgan fingerprint density at radius 3 is 2.42 bits per heavy atom. The SMILES string of the molecule is CC(C)(C)Cc1ccc2c(c1)[B]c1cnc(-c3cc(C(C)(C)C)c4ccccc4c3)n1-2. The van der Waals surface area contributed by atoms with E-state index in [1.54, 1.807) is 0 Å². The Balaban J connectivity index is 1.64. The quantitative estimate of drug-likeness (QED) is 0.352. The molecule has 0 unspecified atom stereocenters. The van der Waals surface area contributed by atoms with Gasteiger partial charge in [-0.3, -0.25) is 0 Å². The smallest absolute Gasteiger partial charge is 0.219 e. The van der Waals surface area contributed by atoms with Crippen molar-refractivity contribution in [1.82, 2.24) is 9.55 Å². The summed E-state index contributed by atoms with van der Waals surface area (Å²) in [6.45, 7) is 13.7. The summed E-state index contributed by atoms with van der Waals surface area (Å²) in [6.07, 6.45) is 3.08. The zero-order valence-corrected chi connectivity index (χ0v) is 19.5. The molecule has 3 aromatic carbocycles. The Morgan fingerprint density at radius 2 is 1.68 bits per heavy atom. The van der Waals surface area contributed by atoms with E-state index in [-0.39, 0.29) is 10.8 Å². The molecule has 3 heteroatoms. The Morgan fingerprint density at radius 1 is 0.903 bits per heavy atom. The molecule has 0 N–H and O–H groups in total. The fourth-order valence-corrected chi connectivity index (χ4v) is 4.79. The average molecular weight is 405 g/mol. The lowest BCUT2D eigenvalue weighted by Gasteiger charge is -2.23. The van der Waals surface area contributed by atoms with Crippen molar-refractivity contribution >= 4 is 29.1 Å². The zero-order chi connectivity index (χ0) is 22.0. The summed E-state index contributed by atoms with van der Waals surface area (Å²) in [5.74, 6) is 1.02. The second kappa shape index (κ2) is 6.85. The van der Waals surface area contributed by atoms with Crippen LogP contribution >= 0.6 is 0 Å². The number of imidazole rings is 1.